The summed E-state index contributed by atoms with van der Waals surface area (Å²) in [6.45, 7) is 0. The van der Waals surface area contributed by atoms with Crippen LogP contribution in [0.3, 0.4) is 0 Å². The smallest absolute Gasteiger partial charge is 0 e. The van der Waals surface area contributed by atoms with Crippen LogP contribution in [0.4, 0.5) is 0 Å². The second-order valence-corrected chi connectivity index (χ2v) is 0. The Labute approximate surface area is 67.0 Å². The van der Waals surface area contributed by atoms with E-state index in [0.717, 1.165) is 0 Å². The van der Waals surface area contributed by atoms with E-state index in [4.69, 9.17) is 3.25 Å². The fourth-order valence-electron chi connectivity index (χ4n) is 0. The minimum atomic E-state index is 0. The molecule has 0 aromatic carbocycles. The predicted octanol–water partition coefficient (Wildman–Crippen LogP) is -1.31. The van der Waals surface area contributed by atoms with Crippen molar-refractivity contribution in [2.45, 2.75) is 0 Å². The molecule has 0 saturated heterocycles. The van der Waals surface area contributed by atoms with Gasteiger partial charge in [0, 0.05) is 26.2 Å². The van der Waals surface area contributed by atoms with E-state index < -0.39 is 0 Å². The second kappa shape index (κ2) is 20.3. The molecule has 0 aromatic heterocycles. The van der Waals surface area contributed by atoms with Gasteiger partial charge in [-0.25, -0.2) is 0 Å². The first-order valence-corrected chi connectivity index (χ1v) is 1.49. The molecule has 0 aliphatic carbocycles. The standard InChI is InChI=1S/Al.O.Ta.Zr.3H. The fraction of sp³-hybridized carbons (Fsp3) is 0. The molecule has 0 heterocycles. The third-order valence-electron chi connectivity index (χ3n) is 0. The first-order valence-electron chi connectivity index (χ1n) is 0.183. The third kappa shape index (κ3) is 9.04. The van der Waals surface area contributed by atoms with E-state index in [1.165, 1.54) is 0 Å². The predicted molar refractivity (Wildman–Crippen MR) is 10.6 cm³/mol. The van der Waals surface area contributed by atoms with E-state index in [-0.39, 0.29) is 64.6 Å². The zero-order chi connectivity index (χ0) is 2.00. The van der Waals surface area contributed by atoms with Crippen LogP contribution in [0.2, 0.25) is 0 Å². The van der Waals surface area contributed by atoms with E-state index in [0.29, 0.717) is 0 Å². The molecule has 0 aliphatic rings. The minimum absolute atomic E-state index is 0. The SMILES string of the molecule is [AlH3].[O]=[Ta].[Zr]. The Kier molecular flexibility index (Phi) is 84.9. The third-order valence-corrected chi connectivity index (χ3v) is 0. The van der Waals surface area contributed by atoms with E-state index in [2.05, 4.69) is 0 Å². The monoisotopic (exact) mass is 317 g/mol. The summed E-state index contributed by atoms with van der Waals surface area (Å²) in [4.78, 5) is 0. The van der Waals surface area contributed by atoms with Crippen LogP contribution >= 0.6 is 0 Å². The Bertz CT molecular complexity index is 8.00. The summed E-state index contributed by atoms with van der Waals surface area (Å²) in [5.74, 6) is 0. The molecule has 0 radical (unpaired) electrons. The van der Waals surface area contributed by atoms with Crippen LogP contribution in [0.25, 0.3) is 0 Å². The molecule has 0 bridgehead atoms. The van der Waals surface area contributed by atoms with E-state index in [9.17, 15) is 0 Å². The zero-order valence-electron chi connectivity index (χ0n) is 1.36. The Morgan fingerprint density at radius 1 is 1.25 bits per heavy atom. The molecule has 4 heavy (non-hydrogen) atoms. The van der Waals surface area contributed by atoms with E-state index in [1.54, 1.807) is 0 Å². The molecule has 4 heteroatoms. The van der Waals surface area contributed by atoms with Crippen molar-refractivity contribution in [3.63, 3.8) is 0 Å². The quantitative estimate of drug-likeness (QED) is 0.507. The van der Waals surface area contributed by atoms with Crippen LogP contribution < -0.4 is 0 Å². The first-order chi connectivity index (χ1) is 1.00. The molecule has 0 N–H and O–H groups in total. The van der Waals surface area contributed by atoms with Gasteiger partial charge in [-0.3, -0.25) is 0 Å². The van der Waals surface area contributed by atoms with Crippen molar-refractivity contribution >= 4 is 17.4 Å². The van der Waals surface area contributed by atoms with E-state index in [1.807, 2.05) is 0 Å². The van der Waals surface area contributed by atoms with E-state index >= 15 is 0 Å². The maximum atomic E-state index is 8.36. The summed E-state index contributed by atoms with van der Waals surface area (Å²) in [5.41, 5.74) is 0. The minimum Gasteiger partial charge on any atom is 0 e. The van der Waals surface area contributed by atoms with Crippen molar-refractivity contribution in [3.8, 4) is 0 Å². The summed E-state index contributed by atoms with van der Waals surface area (Å²) in [5, 5.41) is 0. The summed E-state index contributed by atoms with van der Waals surface area (Å²) < 4.78 is 8.36. The first kappa shape index (κ1) is 16.7. The van der Waals surface area contributed by atoms with Crippen molar-refractivity contribution in [1.29, 1.82) is 0 Å². The van der Waals surface area contributed by atoms with Gasteiger partial charge in [0.1, 0.15) is 0 Å². The average Bonchev–Trinajstić information content (AvgIpc) is 1.00. The van der Waals surface area contributed by atoms with Gasteiger partial charge in [0.25, 0.3) is 0 Å². The van der Waals surface area contributed by atoms with Crippen LogP contribution in [0, 0.1) is 0 Å². The van der Waals surface area contributed by atoms with Crippen molar-refractivity contribution in [2.75, 3.05) is 0 Å². The molecular weight excluding hydrogens is 315 g/mol. The Morgan fingerprint density at radius 3 is 1.25 bits per heavy atom. The van der Waals surface area contributed by atoms with Gasteiger partial charge in [0.15, 0.2) is 17.4 Å². The average molecular weight is 318 g/mol. The molecule has 0 fully saturated rings. The van der Waals surface area contributed by atoms with Crippen molar-refractivity contribution in [3.05, 3.63) is 0 Å². The molecule has 1 nitrogen and oxygen atoms in total. The topological polar surface area (TPSA) is 17.1 Å². The molecule has 0 aromatic rings. The molecule has 0 rings (SSSR count). The number of hydrogen-bond acceptors (Lipinski definition) is 1. The molecule has 0 unspecified atom stereocenters. The molecule has 0 spiro atoms. The summed E-state index contributed by atoms with van der Waals surface area (Å²) in [6.07, 6.45) is 0. The van der Waals surface area contributed by atoms with Crippen molar-refractivity contribution < 1.29 is 50.5 Å². The van der Waals surface area contributed by atoms with Crippen LogP contribution in [0.15, 0.2) is 0 Å². The van der Waals surface area contributed by atoms with Gasteiger partial charge in [0.05, 0.1) is 0 Å². The van der Waals surface area contributed by atoms with Gasteiger partial charge in [-0.2, -0.15) is 0 Å². The summed E-state index contributed by atoms with van der Waals surface area (Å²) >= 11 is 0.194. The Balaban J connectivity index is -0.00000000500. The van der Waals surface area contributed by atoms with Gasteiger partial charge in [-0.05, 0) is 0 Å². The molecule has 0 amide bonds. The van der Waals surface area contributed by atoms with Crippen LogP contribution in [-0.4, -0.2) is 17.4 Å². The maximum absolute atomic E-state index is 8.36. The largest absolute Gasteiger partial charge is 0 e. The summed E-state index contributed by atoms with van der Waals surface area (Å²) in [6, 6.07) is 0. The molecule has 0 aliphatic heterocycles. The Morgan fingerprint density at radius 2 is 1.25 bits per heavy atom. The van der Waals surface area contributed by atoms with Crippen LogP contribution in [0.1, 0.15) is 0 Å². The van der Waals surface area contributed by atoms with Gasteiger partial charge in [-0.1, -0.05) is 0 Å². The van der Waals surface area contributed by atoms with Crippen molar-refractivity contribution in [2.24, 2.45) is 0 Å². The molecule has 21 valence electrons. The van der Waals surface area contributed by atoms with Crippen LogP contribution in [-0.2, 0) is 50.5 Å². The van der Waals surface area contributed by atoms with Crippen LogP contribution in [0.5, 0.6) is 0 Å². The fourth-order valence-corrected chi connectivity index (χ4v) is 0. The molecule has 0 atom stereocenters. The number of rotatable bonds is 0. The number of hydrogen-bond donors (Lipinski definition) is 0. The van der Waals surface area contributed by atoms with Gasteiger partial charge in [0.2, 0.25) is 0 Å². The molecule has 0 saturated carbocycles. The zero-order valence-corrected chi connectivity index (χ0v) is 7.03. The van der Waals surface area contributed by atoms with Gasteiger partial charge in [-0.15, -0.1) is 0 Å². The Hall–Kier alpha value is 1.96. The van der Waals surface area contributed by atoms with Gasteiger partial charge >= 0.3 is 24.3 Å². The second-order valence-electron chi connectivity index (χ2n) is 0. The summed E-state index contributed by atoms with van der Waals surface area (Å²) in [7, 11) is 0. The normalized spacial score (nSPS) is 0.750. The van der Waals surface area contributed by atoms with Gasteiger partial charge < -0.3 is 0 Å². The van der Waals surface area contributed by atoms with Crippen molar-refractivity contribution in [1.82, 2.24) is 0 Å². The maximum Gasteiger partial charge on any atom is 0 e. The molecular formula is H3AlOTaZr.